The molecular formula is C32H42BrF2NO2. The van der Waals surface area contributed by atoms with E-state index in [1.807, 2.05) is 6.07 Å². The summed E-state index contributed by atoms with van der Waals surface area (Å²) in [5.41, 5.74) is 6.49. The monoisotopic (exact) mass is 589 g/mol. The van der Waals surface area contributed by atoms with Crippen LogP contribution in [-0.2, 0) is 13.0 Å². The fraction of sp³-hybridized carbons (Fsp3) is 0.469. The second-order valence-electron chi connectivity index (χ2n) is 10.1. The quantitative estimate of drug-likeness (QED) is 0.182. The third-order valence-electron chi connectivity index (χ3n) is 6.85. The van der Waals surface area contributed by atoms with E-state index in [1.165, 1.54) is 29.3 Å². The molecule has 208 valence electrons. The van der Waals surface area contributed by atoms with Gasteiger partial charge >= 0.3 is 0 Å². The molecule has 0 N–H and O–H groups in total. The number of allylic oxidation sites excluding steroid dienone is 4. The van der Waals surface area contributed by atoms with E-state index in [1.54, 1.807) is 7.11 Å². The van der Waals surface area contributed by atoms with Gasteiger partial charge in [0, 0.05) is 24.0 Å². The highest BCUT2D eigenvalue weighted by Crippen LogP contribution is 2.37. The van der Waals surface area contributed by atoms with Crippen molar-refractivity contribution in [3.63, 3.8) is 0 Å². The first kappa shape index (κ1) is 31.7. The van der Waals surface area contributed by atoms with E-state index >= 15 is 0 Å². The van der Waals surface area contributed by atoms with Crippen LogP contribution in [0, 0.1) is 11.6 Å². The van der Waals surface area contributed by atoms with Gasteiger partial charge in [-0.15, -0.1) is 0 Å². The number of benzene rings is 2. The molecule has 0 radical (unpaired) electrons. The number of halogens is 3. The van der Waals surface area contributed by atoms with Gasteiger partial charge in [0.1, 0.15) is 18.2 Å². The molecule has 3 nitrogen and oxygen atoms in total. The highest BCUT2D eigenvalue weighted by Gasteiger charge is 2.30. The van der Waals surface area contributed by atoms with Crippen molar-refractivity contribution in [3.8, 4) is 11.5 Å². The molecule has 6 heteroatoms. The molecule has 0 saturated heterocycles. The minimum absolute atomic E-state index is 0. The molecule has 1 aliphatic rings. The summed E-state index contributed by atoms with van der Waals surface area (Å²) >= 11 is 0. The Balaban J connectivity index is 0.00000507. The van der Waals surface area contributed by atoms with Crippen molar-refractivity contribution in [1.29, 1.82) is 0 Å². The normalized spacial score (nSPS) is 13.1. The second-order valence-corrected chi connectivity index (χ2v) is 10.1. The molecular weight excluding hydrogens is 548 g/mol. The first-order chi connectivity index (χ1) is 17.8. The Labute approximate surface area is 238 Å². The number of rotatable bonds is 13. The molecule has 2 aromatic carbocycles. The van der Waals surface area contributed by atoms with Crippen LogP contribution < -0.4 is 26.5 Å². The van der Waals surface area contributed by atoms with Crippen molar-refractivity contribution in [2.24, 2.45) is 0 Å². The number of ether oxygens (including phenoxy) is 2. The van der Waals surface area contributed by atoms with Gasteiger partial charge in [-0.05, 0) is 76.8 Å². The Kier molecular flexibility index (Phi) is 13.2. The molecule has 0 atom stereocenters. The molecule has 3 rings (SSSR count). The highest BCUT2D eigenvalue weighted by molar-refractivity contribution is 5.99. The second kappa shape index (κ2) is 15.8. The van der Waals surface area contributed by atoms with Gasteiger partial charge in [-0.2, -0.15) is 0 Å². The Morgan fingerprint density at radius 1 is 1.05 bits per heavy atom. The van der Waals surface area contributed by atoms with Crippen LogP contribution in [0.2, 0.25) is 0 Å². The molecule has 0 aliphatic carbocycles. The Bertz CT molecular complexity index is 1170. The molecule has 2 aromatic rings. The number of nitrogens with zero attached hydrogens (tertiary/aromatic N) is 1. The predicted molar refractivity (Wildman–Crippen MR) is 148 cm³/mol. The van der Waals surface area contributed by atoms with E-state index in [4.69, 9.17) is 9.47 Å². The summed E-state index contributed by atoms with van der Waals surface area (Å²) in [6, 6.07) is 7.75. The van der Waals surface area contributed by atoms with E-state index in [9.17, 15) is 8.78 Å². The fourth-order valence-electron chi connectivity index (χ4n) is 4.80. The van der Waals surface area contributed by atoms with E-state index in [2.05, 4.69) is 50.5 Å². The summed E-state index contributed by atoms with van der Waals surface area (Å²) in [4.78, 5) is 0. The van der Waals surface area contributed by atoms with Crippen molar-refractivity contribution in [2.75, 3.05) is 20.3 Å². The zero-order chi connectivity index (χ0) is 26.8. The van der Waals surface area contributed by atoms with Gasteiger partial charge < -0.3 is 26.5 Å². The maximum absolute atomic E-state index is 14.6. The summed E-state index contributed by atoms with van der Waals surface area (Å²) in [6.07, 6.45) is 11.2. The molecule has 0 amide bonds. The number of methoxy groups -OCH3 is 1. The van der Waals surface area contributed by atoms with Gasteiger partial charge in [-0.3, -0.25) is 0 Å². The summed E-state index contributed by atoms with van der Waals surface area (Å²) < 4.78 is 42.6. The summed E-state index contributed by atoms with van der Waals surface area (Å²) in [7, 11) is 1.67. The van der Waals surface area contributed by atoms with Crippen molar-refractivity contribution in [3.05, 3.63) is 82.0 Å². The Morgan fingerprint density at radius 3 is 2.55 bits per heavy atom. The average molecular weight is 591 g/mol. The first-order valence-electron chi connectivity index (χ1n) is 13.5. The maximum atomic E-state index is 14.6. The lowest BCUT2D eigenvalue weighted by Crippen LogP contribution is -3.00. The lowest BCUT2D eigenvalue weighted by molar-refractivity contribution is -0.546. The molecule has 1 aliphatic heterocycles. The van der Waals surface area contributed by atoms with Crippen LogP contribution in [0.4, 0.5) is 8.78 Å². The van der Waals surface area contributed by atoms with Gasteiger partial charge in [-0.25, -0.2) is 13.4 Å². The van der Waals surface area contributed by atoms with Gasteiger partial charge in [0.25, 0.3) is 0 Å². The van der Waals surface area contributed by atoms with E-state index in [0.29, 0.717) is 25.3 Å². The zero-order valence-electron chi connectivity index (χ0n) is 23.5. The van der Waals surface area contributed by atoms with Crippen molar-refractivity contribution in [1.82, 2.24) is 0 Å². The molecule has 38 heavy (non-hydrogen) atoms. The smallest absolute Gasteiger partial charge is 0.184 e. The maximum Gasteiger partial charge on any atom is 0.184 e. The summed E-state index contributed by atoms with van der Waals surface area (Å²) in [5, 5.41) is 0. The van der Waals surface area contributed by atoms with Crippen LogP contribution in [0.15, 0.2) is 53.6 Å². The third kappa shape index (κ3) is 8.79. The topological polar surface area (TPSA) is 21.5 Å². The molecule has 0 saturated carbocycles. The standard InChI is InChI=1S/C32H42F2NO2.BrH/c1-6-7-20-37-32-28-18-19-35(22-25-21-26(33)14-16-29(25)34)30(27(28)15-17-31(32)36-5)13-9-12-24(4)11-8-10-23(2)3;/h10,12,14-17,21H,6-9,11,13,18-20,22H2,1-5H3;1H/q+1;/p-1. The highest BCUT2D eigenvalue weighted by atomic mass is 79.9. The van der Waals surface area contributed by atoms with Gasteiger partial charge in [0.2, 0.25) is 0 Å². The van der Waals surface area contributed by atoms with Crippen molar-refractivity contribution < 1.29 is 39.8 Å². The molecule has 0 unspecified atom stereocenters. The number of unbranched alkanes of at least 4 members (excludes halogenated alkanes) is 1. The molecule has 0 aromatic heterocycles. The van der Waals surface area contributed by atoms with Crippen molar-refractivity contribution in [2.45, 2.75) is 79.2 Å². The van der Waals surface area contributed by atoms with Gasteiger partial charge in [-0.1, -0.05) is 36.6 Å². The van der Waals surface area contributed by atoms with E-state index in [-0.39, 0.29) is 22.8 Å². The summed E-state index contributed by atoms with van der Waals surface area (Å²) in [6.45, 7) is 10.3. The molecule has 0 spiro atoms. The van der Waals surface area contributed by atoms with Crippen LogP contribution in [-0.4, -0.2) is 30.5 Å². The van der Waals surface area contributed by atoms with Crippen LogP contribution in [0.25, 0.3) is 0 Å². The van der Waals surface area contributed by atoms with Crippen LogP contribution in [0.1, 0.15) is 82.9 Å². The van der Waals surface area contributed by atoms with E-state index < -0.39 is 5.82 Å². The number of hydrogen-bond acceptors (Lipinski definition) is 2. The SMILES string of the molecule is CCCCOc1c(OC)ccc2c1CC[N+](Cc1cc(F)ccc1F)=C2CCC=C(C)CCC=C(C)C.[Br-]. The first-order valence-corrected chi connectivity index (χ1v) is 13.5. The van der Waals surface area contributed by atoms with Crippen LogP contribution in [0.5, 0.6) is 11.5 Å². The predicted octanol–water partition coefficient (Wildman–Crippen LogP) is 5.19. The Morgan fingerprint density at radius 2 is 1.84 bits per heavy atom. The molecule has 0 bridgehead atoms. The van der Waals surface area contributed by atoms with Gasteiger partial charge in [0.15, 0.2) is 23.8 Å². The van der Waals surface area contributed by atoms with Crippen molar-refractivity contribution >= 4 is 5.71 Å². The number of fused-ring (bicyclic) bond motifs is 1. The molecule has 1 heterocycles. The van der Waals surface area contributed by atoms with E-state index in [0.717, 1.165) is 73.3 Å². The lowest BCUT2D eigenvalue weighted by Gasteiger charge is -2.23. The fourth-order valence-corrected chi connectivity index (χ4v) is 4.80. The zero-order valence-corrected chi connectivity index (χ0v) is 25.1. The lowest BCUT2D eigenvalue weighted by atomic mass is 9.92. The van der Waals surface area contributed by atoms with Crippen LogP contribution in [0.3, 0.4) is 0 Å². The minimum atomic E-state index is -0.415. The molecule has 0 fully saturated rings. The van der Waals surface area contributed by atoms with Crippen LogP contribution >= 0.6 is 0 Å². The largest absolute Gasteiger partial charge is 1.00 e. The third-order valence-corrected chi connectivity index (χ3v) is 6.85. The summed E-state index contributed by atoms with van der Waals surface area (Å²) in [5.74, 6) is 0.770. The Hall–Kier alpha value is -2.47. The minimum Gasteiger partial charge on any atom is -1.00 e. The van der Waals surface area contributed by atoms with Gasteiger partial charge in [0.05, 0.1) is 19.3 Å². The average Bonchev–Trinajstić information content (AvgIpc) is 2.87. The number of hydrogen-bond donors (Lipinski definition) is 0.